The molecule has 2 atom stereocenters. The predicted octanol–water partition coefficient (Wildman–Crippen LogP) is 1.46. The summed E-state index contributed by atoms with van der Waals surface area (Å²) in [6.45, 7) is 6.09. The quantitative estimate of drug-likeness (QED) is 0.773. The summed E-state index contributed by atoms with van der Waals surface area (Å²) in [6.07, 6.45) is 3.31. The molecule has 1 aromatic rings. The molecular weight excluding hydrogens is 322 g/mol. The molecule has 0 N–H and O–H groups in total. The van der Waals surface area contributed by atoms with Crippen LogP contribution in [0.15, 0.2) is 10.6 Å². The van der Waals surface area contributed by atoms with Gasteiger partial charge in [-0.2, -0.15) is 0 Å². The van der Waals surface area contributed by atoms with Gasteiger partial charge in [0.1, 0.15) is 12.4 Å². The zero-order chi connectivity index (χ0) is 17.9. The first kappa shape index (κ1) is 18.4. The Hall–Kier alpha value is -1.44. The lowest BCUT2D eigenvalue weighted by Crippen LogP contribution is -2.56. The fourth-order valence-electron chi connectivity index (χ4n) is 3.92. The predicted molar refractivity (Wildman–Crippen MR) is 92.1 cm³/mol. The molecule has 1 amide bonds. The van der Waals surface area contributed by atoms with Gasteiger partial charge in [0, 0.05) is 51.8 Å². The summed E-state index contributed by atoms with van der Waals surface area (Å²) in [5.74, 6) is 0.835. The summed E-state index contributed by atoms with van der Waals surface area (Å²) < 4.78 is 17.1. The first-order valence-electron chi connectivity index (χ1n) is 9.02. The SMILES string of the molecule is Cc1cc(CN2CC[C@@H]3OCCC[C@@]3(COCC(=O)N(C)C)C2)no1. The number of nitrogens with zero attached hydrogens (tertiary/aromatic N) is 3. The van der Waals surface area contributed by atoms with E-state index in [0.717, 1.165) is 57.0 Å². The molecule has 0 saturated carbocycles. The van der Waals surface area contributed by atoms with Gasteiger partial charge in [0.25, 0.3) is 0 Å². The average molecular weight is 351 g/mol. The Bertz CT molecular complexity index is 589. The van der Waals surface area contributed by atoms with Crippen LogP contribution < -0.4 is 0 Å². The molecule has 140 valence electrons. The molecule has 2 aliphatic heterocycles. The maximum Gasteiger partial charge on any atom is 0.248 e. The molecule has 2 aliphatic rings. The van der Waals surface area contributed by atoms with Crippen molar-refractivity contribution in [1.29, 1.82) is 0 Å². The summed E-state index contributed by atoms with van der Waals surface area (Å²) in [5, 5.41) is 4.11. The maximum absolute atomic E-state index is 11.8. The topological polar surface area (TPSA) is 68.0 Å². The number of likely N-dealkylation sites (tertiary alicyclic amines) is 1. The van der Waals surface area contributed by atoms with Crippen molar-refractivity contribution < 1.29 is 18.8 Å². The van der Waals surface area contributed by atoms with E-state index in [1.54, 1.807) is 19.0 Å². The van der Waals surface area contributed by atoms with Gasteiger partial charge in [-0.3, -0.25) is 9.69 Å². The number of hydrogen-bond acceptors (Lipinski definition) is 6. The monoisotopic (exact) mass is 351 g/mol. The molecule has 0 bridgehead atoms. The number of hydrogen-bond donors (Lipinski definition) is 0. The number of aryl methyl sites for hydroxylation is 1. The summed E-state index contributed by atoms with van der Waals surface area (Å²) in [5.41, 5.74) is 0.925. The normalized spacial score (nSPS) is 27.1. The summed E-state index contributed by atoms with van der Waals surface area (Å²) in [7, 11) is 3.50. The fourth-order valence-corrected chi connectivity index (χ4v) is 3.92. The Morgan fingerprint density at radius 3 is 3.08 bits per heavy atom. The van der Waals surface area contributed by atoms with Crippen molar-refractivity contribution in [1.82, 2.24) is 15.0 Å². The largest absolute Gasteiger partial charge is 0.377 e. The van der Waals surface area contributed by atoms with Gasteiger partial charge in [-0.25, -0.2) is 0 Å². The van der Waals surface area contributed by atoms with Crippen LogP contribution in [0.5, 0.6) is 0 Å². The lowest BCUT2D eigenvalue weighted by Gasteiger charge is -2.50. The Kier molecular flexibility index (Phi) is 5.76. The van der Waals surface area contributed by atoms with Gasteiger partial charge in [-0.1, -0.05) is 5.16 Å². The van der Waals surface area contributed by atoms with Crippen molar-refractivity contribution in [3.05, 3.63) is 17.5 Å². The number of amides is 1. The molecule has 25 heavy (non-hydrogen) atoms. The smallest absolute Gasteiger partial charge is 0.248 e. The molecule has 0 aliphatic carbocycles. The van der Waals surface area contributed by atoms with Crippen molar-refractivity contribution in [2.24, 2.45) is 5.41 Å². The van der Waals surface area contributed by atoms with Crippen LogP contribution in [0.4, 0.5) is 0 Å². The lowest BCUT2D eigenvalue weighted by atomic mass is 9.73. The maximum atomic E-state index is 11.8. The Morgan fingerprint density at radius 1 is 1.52 bits per heavy atom. The highest BCUT2D eigenvalue weighted by Crippen LogP contribution is 2.40. The van der Waals surface area contributed by atoms with Crippen molar-refractivity contribution in [2.75, 3.05) is 47.0 Å². The van der Waals surface area contributed by atoms with E-state index < -0.39 is 0 Å². The van der Waals surface area contributed by atoms with Gasteiger partial charge < -0.3 is 18.9 Å². The summed E-state index contributed by atoms with van der Waals surface area (Å²) in [6, 6.07) is 1.99. The summed E-state index contributed by atoms with van der Waals surface area (Å²) >= 11 is 0. The molecule has 3 heterocycles. The van der Waals surface area contributed by atoms with E-state index in [4.69, 9.17) is 14.0 Å². The van der Waals surface area contributed by atoms with Gasteiger partial charge in [0.05, 0.1) is 18.4 Å². The zero-order valence-corrected chi connectivity index (χ0v) is 15.5. The molecule has 1 aromatic heterocycles. The van der Waals surface area contributed by atoms with Gasteiger partial charge >= 0.3 is 0 Å². The van der Waals surface area contributed by atoms with E-state index in [0.29, 0.717) is 6.61 Å². The van der Waals surface area contributed by atoms with Gasteiger partial charge in [-0.15, -0.1) is 0 Å². The van der Waals surface area contributed by atoms with Crippen molar-refractivity contribution in [2.45, 2.75) is 38.8 Å². The van der Waals surface area contributed by atoms with Crippen LogP contribution in [0, 0.1) is 12.3 Å². The van der Waals surface area contributed by atoms with Crippen LogP contribution >= 0.6 is 0 Å². The molecule has 7 heteroatoms. The minimum Gasteiger partial charge on any atom is -0.377 e. The van der Waals surface area contributed by atoms with Crippen LogP contribution in [0.1, 0.15) is 30.7 Å². The van der Waals surface area contributed by atoms with Crippen molar-refractivity contribution in [3.63, 3.8) is 0 Å². The number of piperidine rings is 1. The van der Waals surface area contributed by atoms with Crippen molar-refractivity contribution in [3.8, 4) is 0 Å². The zero-order valence-electron chi connectivity index (χ0n) is 15.5. The molecule has 3 rings (SSSR count). The van der Waals surface area contributed by atoms with E-state index in [-0.39, 0.29) is 24.0 Å². The lowest BCUT2D eigenvalue weighted by molar-refractivity contribution is -0.160. The minimum absolute atomic E-state index is 0.00424. The third-order valence-electron chi connectivity index (χ3n) is 5.24. The number of carbonyl (C=O) groups excluding carboxylic acids is 1. The molecule has 0 aromatic carbocycles. The highest BCUT2D eigenvalue weighted by molar-refractivity contribution is 5.76. The molecule has 0 spiro atoms. The average Bonchev–Trinajstić information content (AvgIpc) is 2.99. The highest BCUT2D eigenvalue weighted by Gasteiger charge is 2.46. The van der Waals surface area contributed by atoms with Crippen LogP contribution in [-0.2, 0) is 20.8 Å². The first-order valence-corrected chi connectivity index (χ1v) is 9.02. The molecule has 0 radical (unpaired) electrons. The second kappa shape index (κ2) is 7.85. The van der Waals surface area contributed by atoms with Crippen LogP contribution in [0.2, 0.25) is 0 Å². The third kappa shape index (κ3) is 4.40. The van der Waals surface area contributed by atoms with Gasteiger partial charge in [0.15, 0.2) is 0 Å². The molecule has 2 saturated heterocycles. The number of carbonyl (C=O) groups is 1. The van der Waals surface area contributed by atoms with E-state index in [1.165, 1.54) is 0 Å². The second-order valence-corrected chi connectivity index (χ2v) is 7.53. The molecular formula is C18H29N3O4. The van der Waals surface area contributed by atoms with Crippen LogP contribution in [-0.4, -0.2) is 74.0 Å². The Balaban J connectivity index is 1.62. The van der Waals surface area contributed by atoms with Gasteiger partial charge in [-0.05, 0) is 26.2 Å². The minimum atomic E-state index is -0.0398. The molecule has 0 unspecified atom stereocenters. The first-order chi connectivity index (χ1) is 12.0. The Labute approximate surface area is 149 Å². The fraction of sp³-hybridized carbons (Fsp3) is 0.778. The number of ether oxygens (including phenoxy) is 2. The highest BCUT2D eigenvalue weighted by atomic mass is 16.5. The number of rotatable bonds is 6. The van der Waals surface area contributed by atoms with Crippen LogP contribution in [0.25, 0.3) is 0 Å². The van der Waals surface area contributed by atoms with E-state index in [9.17, 15) is 4.79 Å². The molecule has 7 nitrogen and oxygen atoms in total. The number of fused-ring (bicyclic) bond motifs is 1. The third-order valence-corrected chi connectivity index (χ3v) is 5.24. The van der Waals surface area contributed by atoms with E-state index in [2.05, 4.69) is 10.1 Å². The summed E-state index contributed by atoms with van der Waals surface area (Å²) in [4.78, 5) is 15.8. The number of aromatic nitrogens is 1. The van der Waals surface area contributed by atoms with Gasteiger partial charge in [0.2, 0.25) is 5.91 Å². The van der Waals surface area contributed by atoms with E-state index >= 15 is 0 Å². The van der Waals surface area contributed by atoms with Crippen molar-refractivity contribution >= 4 is 5.91 Å². The Morgan fingerprint density at radius 2 is 2.36 bits per heavy atom. The van der Waals surface area contributed by atoms with Crippen LogP contribution in [0.3, 0.4) is 0 Å². The second-order valence-electron chi connectivity index (χ2n) is 7.53. The molecule has 2 fully saturated rings. The van der Waals surface area contributed by atoms with E-state index in [1.807, 2.05) is 13.0 Å². The number of likely N-dealkylation sites (N-methyl/N-ethyl adjacent to an activating group) is 1. The standard InChI is InChI=1S/C18H29N3O4/c1-14-9-15(19-25-14)10-21-7-5-16-18(12-21,6-4-8-24-16)13-23-11-17(22)20(2)3/h9,16H,4-8,10-13H2,1-3H3/t16-,18-/m0/s1.